The van der Waals surface area contributed by atoms with E-state index < -0.39 is 0 Å². The summed E-state index contributed by atoms with van der Waals surface area (Å²) in [6, 6.07) is -0.119. The first-order valence-corrected chi connectivity index (χ1v) is 4.17. The molecule has 1 aromatic heterocycles. The first-order valence-electron chi connectivity index (χ1n) is 4.17. The largest absolute Gasteiger partial charge is 0.328 e. The van der Waals surface area contributed by atoms with Crippen LogP contribution in [0.25, 0.3) is 0 Å². The lowest BCUT2D eigenvalue weighted by Gasteiger charge is -2.14. The molecule has 1 heterocycles. The van der Waals surface area contributed by atoms with E-state index >= 15 is 0 Å². The molecule has 0 aliphatic heterocycles. The number of hydrogen-bond donors (Lipinski definition) is 2. The Balaban J connectivity index is 2.60. The van der Waals surface area contributed by atoms with Gasteiger partial charge in [0.1, 0.15) is 0 Å². The van der Waals surface area contributed by atoms with Crippen molar-refractivity contribution in [2.24, 2.45) is 0 Å². The summed E-state index contributed by atoms with van der Waals surface area (Å²) in [6.45, 7) is 4.46. The second kappa shape index (κ2) is 3.93. The van der Waals surface area contributed by atoms with Crippen LogP contribution in [0.4, 0.5) is 10.5 Å². The monoisotopic (exact) mass is 182 g/mol. The zero-order valence-corrected chi connectivity index (χ0v) is 8.09. The highest BCUT2D eigenvalue weighted by atomic mass is 16.2. The van der Waals surface area contributed by atoms with Crippen molar-refractivity contribution < 1.29 is 4.79 Å². The molecule has 0 aliphatic rings. The number of hydrogen-bond acceptors (Lipinski definition) is 2. The Morgan fingerprint density at radius 1 is 1.77 bits per heavy atom. The molecule has 0 aromatic carbocycles. The number of urea groups is 1. The molecule has 0 atom stereocenters. The van der Waals surface area contributed by atoms with Gasteiger partial charge in [0.05, 0.1) is 17.6 Å². The molecule has 0 aliphatic carbocycles. The summed E-state index contributed by atoms with van der Waals surface area (Å²) in [6.07, 6.45) is 1.59. The Kier molecular flexibility index (Phi) is 2.89. The van der Waals surface area contributed by atoms with E-state index in [1.807, 2.05) is 13.8 Å². The summed E-state index contributed by atoms with van der Waals surface area (Å²) >= 11 is 0. The van der Waals surface area contributed by atoms with Crippen LogP contribution in [-0.2, 0) is 0 Å². The molecule has 5 heteroatoms. The summed E-state index contributed by atoms with van der Waals surface area (Å²) < 4.78 is 0. The number of carbonyl (C=O) groups excluding carboxylic acids is 1. The lowest BCUT2D eigenvalue weighted by atomic mass is 10.4. The van der Waals surface area contributed by atoms with Crippen molar-refractivity contribution in [1.82, 2.24) is 15.1 Å². The van der Waals surface area contributed by atoms with Gasteiger partial charge in [-0.05, 0) is 13.8 Å². The number of aromatic amines is 1. The lowest BCUT2D eigenvalue weighted by molar-refractivity contribution is 0.224. The number of H-pyrrole nitrogens is 1. The van der Waals surface area contributed by atoms with Crippen LogP contribution in [0.1, 0.15) is 12.6 Å². The van der Waals surface area contributed by atoms with E-state index in [2.05, 4.69) is 15.5 Å². The van der Waals surface area contributed by atoms with Crippen molar-refractivity contribution in [3.8, 4) is 0 Å². The lowest BCUT2D eigenvalue weighted by Crippen LogP contribution is -2.31. The molecule has 2 amide bonds. The highest BCUT2D eigenvalue weighted by molar-refractivity contribution is 5.89. The maximum absolute atomic E-state index is 11.4. The van der Waals surface area contributed by atoms with Gasteiger partial charge in [-0.25, -0.2) is 4.79 Å². The van der Waals surface area contributed by atoms with E-state index in [0.29, 0.717) is 6.54 Å². The third-order valence-corrected chi connectivity index (χ3v) is 1.89. The standard InChI is InChI=1S/C8H14N4O/c1-4-12(3)8(13)10-7-5-9-11-6(7)2/h5H,4H2,1-3H3,(H,9,11)(H,10,13). The van der Waals surface area contributed by atoms with Crippen LogP contribution in [0.3, 0.4) is 0 Å². The topological polar surface area (TPSA) is 61.0 Å². The van der Waals surface area contributed by atoms with Crippen LogP contribution in [0.5, 0.6) is 0 Å². The van der Waals surface area contributed by atoms with Crippen molar-refractivity contribution in [1.29, 1.82) is 0 Å². The van der Waals surface area contributed by atoms with Gasteiger partial charge < -0.3 is 10.2 Å². The molecule has 1 rings (SSSR count). The minimum absolute atomic E-state index is 0.119. The predicted octanol–water partition coefficient (Wildman–Crippen LogP) is 1.20. The summed E-state index contributed by atoms with van der Waals surface area (Å²) in [5.74, 6) is 0. The molecule has 0 bridgehead atoms. The molecule has 1 aromatic rings. The smallest absolute Gasteiger partial charge is 0.321 e. The van der Waals surface area contributed by atoms with E-state index in [1.165, 1.54) is 0 Å². The minimum Gasteiger partial charge on any atom is -0.328 e. The van der Waals surface area contributed by atoms with Crippen LogP contribution in [0.2, 0.25) is 0 Å². The van der Waals surface area contributed by atoms with Gasteiger partial charge in [-0.1, -0.05) is 0 Å². The number of nitrogens with one attached hydrogen (secondary N) is 2. The third kappa shape index (κ3) is 2.21. The second-order valence-electron chi connectivity index (χ2n) is 2.85. The van der Waals surface area contributed by atoms with Gasteiger partial charge in [0, 0.05) is 13.6 Å². The van der Waals surface area contributed by atoms with Gasteiger partial charge in [0.25, 0.3) is 0 Å². The molecule has 0 unspecified atom stereocenters. The Hall–Kier alpha value is -1.52. The number of anilines is 1. The number of aromatic nitrogens is 2. The number of rotatable bonds is 2. The van der Waals surface area contributed by atoms with Crippen LogP contribution in [0.15, 0.2) is 6.20 Å². The van der Waals surface area contributed by atoms with Gasteiger partial charge in [-0.3, -0.25) is 5.10 Å². The normalized spacial score (nSPS) is 9.77. The van der Waals surface area contributed by atoms with E-state index in [1.54, 1.807) is 18.1 Å². The van der Waals surface area contributed by atoms with Gasteiger partial charge in [0.15, 0.2) is 0 Å². The van der Waals surface area contributed by atoms with Crippen LogP contribution < -0.4 is 5.32 Å². The quantitative estimate of drug-likeness (QED) is 0.722. The number of nitrogens with zero attached hydrogens (tertiary/aromatic N) is 2. The highest BCUT2D eigenvalue weighted by Crippen LogP contribution is 2.09. The molecule has 2 N–H and O–H groups in total. The summed E-state index contributed by atoms with van der Waals surface area (Å²) in [4.78, 5) is 13.0. The molecule has 0 spiro atoms. The molecular weight excluding hydrogens is 168 g/mol. The number of aryl methyl sites for hydroxylation is 1. The van der Waals surface area contributed by atoms with Crippen molar-refractivity contribution in [2.75, 3.05) is 18.9 Å². The first kappa shape index (κ1) is 9.57. The van der Waals surface area contributed by atoms with Crippen LogP contribution >= 0.6 is 0 Å². The molecule has 0 fully saturated rings. The summed E-state index contributed by atoms with van der Waals surface area (Å²) in [5, 5.41) is 9.28. The fraction of sp³-hybridized carbons (Fsp3) is 0.500. The highest BCUT2D eigenvalue weighted by Gasteiger charge is 2.08. The van der Waals surface area contributed by atoms with Gasteiger partial charge in [-0.15, -0.1) is 0 Å². The van der Waals surface area contributed by atoms with Crippen molar-refractivity contribution in [3.05, 3.63) is 11.9 Å². The van der Waals surface area contributed by atoms with Crippen LogP contribution in [0, 0.1) is 6.92 Å². The molecule has 0 saturated heterocycles. The van der Waals surface area contributed by atoms with Crippen LogP contribution in [-0.4, -0.2) is 34.7 Å². The third-order valence-electron chi connectivity index (χ3n) is 1.89. The van der Waals surface area contributed by atoms with Crippen molar-refractivity contribution in [3.63, 3.8) is 0 Å². The Morgan fingerprint density at radius 3 is 2.92 bits per heavy atom. The fourth-order valence-electron chi connectivity index (χ4n) is 0.831. The maximum Gasteiger partial charge on any atom is 0.321 e. The fourth-order valence-corrected chi connectivity index (χ4v) is 0.831. The number of carbonyl (C=O) groups is 1. The average Bonchev–Trinajstić information content (AvgIpc) is 2.50. The van der Waals surface area contributed by atoms with E-state index in [-0.39, 0.29) is 6.03 Å². The summed E-state index contributed by atoms with van der Waals surface area (Å²) in [7, 11) is 1.74. The van der Waals surface area contributed by atoms with E-state index in [4.69, 9.17) is 0 Å². The Labute approximate surface area is 77.1 Å². The van der Waals surface area contributed by atoms with E-state index in [9.17, 15) is 4.79 Å². The van der Waals surface area contributed by atoms with Crippen molar-refractivity contribution >= 4 is 11.7 Å². The molecule has 0 saturated carbocycles. The van der Waals surface area contributed by atoms with Crippen molar-refractivity contribution in [2.45, 2.75) is 13.8 Å². The molecule has 5 nitrogen and oxygen atoms in total. The predicted molar refractivity (Wildman–Crippen MR) is 50.6 cm³/mol. The van der Waals surface area contributed by atoms with Gasteiger partial charge >= 0.3 is 6.03 Å². The molecule has 72 valence electrons. The minimum atomic E-state index is -0.119. The average molecular weight is 182 g/mol. The molecular formula is C8H14N4O. The SMILES string of the molecule is CCN(C)C(=O)Nc1cn[nH]c1C. The zero-order valence-electron chi connectivity index (χ0n) is 8.09. The molecule has 13 heavy (non-hydrogen) atoms. The van der Waals surface area contributed by atoms with Gasteiger partial charge in [-0.2, -0.15) is 5.10 Å². The number of amides is 2. The summed E-state index contributed by atoms with van der Waals surface area (Å²) in [5.41, 5.74) is 1.59. The Bertz CT molecular complexity index is 294. The van der Waals surface area contributed by atoms with Gasteiger partial charge in [0.2, 0.25) is 0 Å². The zero-order chi connectivity index (χ0) is 9.84. The molecule has 0 radical (unpaired) electrons. The first-order chi connectivity index (χ1) is 6.15. The maximum atomic E-state index is 11.4. The Morgan fingerprint density at radius 2 is 2.46 bits per heavy atom. The van der Waals surface area contributed by atoms with E-state index in [0.717, 1.165) is 11.4 Å². The second-order valence-corrected chi connectivity index (χ2v) is 2.85.